The topological polar surface area (TPSA) is 79.7 Å². The Morgan fingerprint density at radius 1 is 1.18 bits per heavy atom. The van der Waals surface area contributed by atoms with E-state index in [1.807, 2.05) is 29.2 Å². The van der Waals surface area contributed by atoms with Crippen LogP contribution < -0.4 is 10.2 Å². The van der Waals surface area contributed by atoms with E-state index in [2.05, 4.69) is 16.3 Å². The van der Waals surface area contributed by atoms with E-state index < -0.39 is 0 Å². The second-order valence-corrected chi connectivity index (χ2v) is 7.59. The molecule has 0 aromatic heterocycles. The SMILES string of the molecule is N#CC1CCCN1C(=O)CNCCC(=O)N1CCN(c2cccc(Cl)c2)CC1. The molecule has 2 fully saturated rings. The second kappa shape index (κ2) is 9.76. The number of likely N-dealkylation sites (tertiary alicyclic amines) is 1. The van der Waals surface area contributed by atoms with Gasteiger partial charge in [0.1, 0.15) is 6.04 Å². The van der Waals surface area contributed by atoms with Gasteiger partial charge in [-0.2, -0.15) is 5.26 Å². The highest BCUT2D eigenvalue weighted by Crippen LogP contribution is 2.21. The van der Waals surface area contributed by atoms with Crippen LogP contribution in [0.15, 0.2) is 24.3 Å². The minimum absolute atomic E-state index is 0.0633. The fourth-order valence-corrected chi connectivity index (χ4v) is 3.92. The van der Waals surface area contributed by atoms with Crippen molar-refractivity contribution in [2.45, 2.75) is 25.3 Å². The lowest BCUT2D eigenvalue weighted by Crippen LogP contribution is -2.49. The van der Waals surface area contributed by atoms with Crippen LogP contribution in [0.5, 0.6) is 0 Å². The number of benzene rings is 1. The molecule has 0 spiro atoms. The first-order valence-electron chi connectivity index (χ1n) is 9.76. The van der Waals surface area contributed by atoms with Gasteiger partial charge in [0.2, 0.25) is 11.8 Å². The predicted molar refractivity (Wildman–Crippen MR) is 108 cm³/mol. The Morgan fingerprint density at radius 3 is 2.68 bits per heavy atom. The molecule has 2 aliphatic rings. The summed E-state index contributed by atoms with van der Waals surface area (Å²) in [7, 11) is 0. The molecule has 2 aliphatic heterocycles. The van der Waals surface area contributed by atoms with Gasteiger partial charge in [-0.1, -0.05) is 17.7 Å². The Labute approximate surface area is 170 Å². The Bertz CT molecular complexity index is 742. The summed E-state index contributed by atoms with van der Waals surface area (Å²) >= 11 is 6.05. The van der Waals surface area contributed by atoms with Crippen LogP contribution in [0.4, 0.5) is 5.69 Å². The number of rotatable bonds is 6. The molecule has 7 nitrogen and oxygen atoms in total. The number of hydrogen-bond donors (Lipinski definition) is 1. The average Bonchev–Trinajstić information content (AvgIpc) is 3.20. The van der Waals surface area contributed by atoms with Crippen LogP contribution in [0, 0.1) is 11.3 Å². The van der Waals surface area contributed by atoms with Crippen LogP contribution in [-0.4, -0.2) is 73.5 Å². The fourth-order valence-electron chi connectivity index (χ4n) is 3.74. The molecule has 2 saturated heterocycles. The highest BCUT2D eigenvalue weighted by Gasteiger charge is 2.28. The highest BCUT2D eigenvalue weighted by molar-refractivity contribution is 6.30. The predicted octanol–water partition coefficient (Wildman–Crippen LogP) is 1.48. The van der Waals surface area contributed by atoms with Crippen molar-refractivity contribution in [2.75, 3.05) is 50.7 Å². The van der Waals surface area contributed by atoms with Crippen molar-refractivity contribution in [1.29, 1.82) is 5.26 Å². The maximum Gasteiger partial charge on any atom is 0.237 e. The lowest BCUT2D eigenvalue weighted by Gasteiger charge is -2.36. The van der Waals surface area contributed by atoms with Crippen molar-refractivity contribution < 1.29 is 9.59 Å². The highest BCUT2D eigenvalue weighted by atomic mass is 35.5. The first-order valence-corrected chi connectivity index (χ1v) is 10.1. The lowest BCUT2D eigenvalue weighted by molar-refractivity contribution is -0.132. The van der Waals surface area contributed by atoms with E-state index in [1.54, 1.807) is 4.90 Å². The molecule has 0 radical (unpaired) electrons. The number of piperazine rings is 1. The standard InChI is InChI=1S/C20H26ClN5O2/c21-16-3-1-4-17(13-16)24-9-11-25(12-10-24)19(27)6-7-23-15-20(28)26-8-2-5-18(26)14-22/h1,3-4,13,18,23H,2,5-12,15H2. The molecule has 2 amide bonds. The molecule has 1 aromatic rings. The van der Waals surface area contributed by atoms with Gasteiger partial charge in [0, 0.05) is 56.4 Å². The largest absolute Gasteiger partial charge is 0.368 e. The summed E-state index contributed by atoms with van der Waals surface area (Å²) in [6.45, 7) is 4.21. The van der Waals surface area contributed by atoms with Crippen LogP contribution in [0.2, 0.25) is 5.02 Å². The average molecular weight is 404 g/mol. The van der Waals surface area contributed by atoms with E-state index in [4.69, 9.17) is 16.9 Å². The molecule has 150 valence electrons. The van der Waals surface area contributed by atoms with Gasteiger partial charge in [0.05, 0.1) is 12.6 Å². The molecule has 2 heterocycles. The van der Waals surface area contributed by atoms with Crippen molar-refractivity contribution in [3.05, 3.63) is 29.3 Å². The van der Waals surface area contributed by atoms with Crippen LogP contribution in [0.1, 0.15) is 19.3 Å². The molecule has 28 heavy (non-hydrogen) atoms. The zero-order chi connectivity index (χ0) is 19.9. The fraction of sp³-hybridized carbons (Fsp3) is 0.550. The molecule has 1 N–H and O–H groups in total. The van der Waals surface area contributed by atoms with E-state index in [0.717, 1.165) is 31.6 Å². The smallest absolute Gasteiger partial charge is 0.237 e. The van der Waals surface area contributed by atoms with E-state index in [-0.39, 0.29) is 24.4 Å². The molecule has 1 unspecified atom stereocenters. The Kier molecular flexibility index (Phi) is 7.12. The van der Waals surface area contributed by atoms with Gasteiger partial charge < -0.3 is 20.0 Å². The summed E-state index contributed by atoms with van der Waals surface area (Å²) in [5, 5.41) is 12.8. The van der Waals surface area contributed by atoms with E-state index in [1.165, 1.54) is 0 Å². The molecule has 0 aliphatic carbocycles. The van der Waals surface area contributed by atoms with Gasteiger partial charge in [-0.05, 0) is 31.0 Å². The van der Waals surface area contributed by atoms with Gasteiger partial charge in [0.15, 0.2) is 0 Å². The molecule has 0 saturated carbocycles. The quantitative estimate of drug-likeness (QED) is 0.728. The summed E-state index contributed by atoms with van der Waals surface area (Å²) in [5.41, 5.74) is 1.08. The van der Waals surface area contributed by atoms with E-state index >= 15 is 0 Å². The third-order valence-electron chi connectivity index (χ3n) is 5.32. The van der Waals surface area contributed by atoms with E-state index in [0.29, 0.717) is 37.6 Å². The summed E-state index contributed by atoms with van der Waals surface area (Å²) in [5.74, 6) is 0.0356. The molecule has 8 heteroatoms. The van der Waals surface area contributed by atoms with Crippen molar-refractivity contribution in [2.24, 2.45) is 0 Å². The summed E-state index contributed by atoms with van der Waals surface area (Å²) < 4.78 is 0. The van der Waals surface area contributed by atoms with Gasteiger partial charge in [0.25, 0.3) is 0 Å². The molecule has 3 rings (SSSR count). The van der Waals surface area contributed by atoms with Crippen molar-refractivity contribution >= 4 is 29.1 Å². The summed E-state index contributed by atoms with van der Waals surface area (Å²) in [4.78, 5) is 30.3. The number of carbonyl (C=O) groups excluding carboxylic acids is 2. The second-order valence-electron chi connectivity index (χ2n) is 7.15. The number of anilines is 1. The minimum Gasteiger partial charge on any atom is -0.368 e. The van der Waals surface area contributed by atoms with Gasteiger partial charge in [-0.25, -0.2) is 0 Å². The van der Waals surface area contributed by atoms with Crippen molar-refractivity contribution in [1.82, 2.24) is 15.1 Å². The minimum atomic E-state index is -0.299. The number of amides is 2. The number of nitrogens with one attached hydrogen (secondary N) is 1. The van der Waals surface area contributed by atoms with Crippen LogP contribution >= 0.6 is 11.6 Å². The number of hydrogen-bond acceptors (Lipinski definition) is 5. The number of nitriles is 1. The van der Waals surface area contributed by atoms with Crippen LogP contribution in [0.25, 0.3) is 0 Å². The zero-order valence-electron chi connectivity index (χ0n) is 15.9. The van der Waals surface area contributed by atoms with Crippen molar-refractivity contribution in [3.63, 3.8) is 0 Å². The summed E-state index contributed by atoms with van der Waals surface area (Å²) in [6, 6.07) is 9.63. The van der Waals surface area contributed by atoms with E-state index in [9.17, 15) is 9.59 Å². The van der Waals surface area contributed by atoms with Crippen molar-refractivity contribution in [3.8, 4) is 6.07 Å². The Balaban J connectivity index is 1.35. The van der Waals surface area contributed by atoms with Gasteiger partial charge in [-0.15, -0.1) is 0 Å². The lowest BCUT2D eigenvalue weighted by atomic mass is 10.2. The van der Waals surface area contributed by atoms with Gasteiger partial charge in [-0.3, -0.25) is 9.59 Å². The van der Waals surface area contributed by atoms with Gasteiger partial charge >= 0.3 is 0 Å². The maximum absolute atomic E-state index is 12.4. The maximum atomic E-state index is 12.4. The molecule has 1 aromatic carbocycles. The number of halogens is 1. The normalized spacial score (nSPS) is 19.6. The van der Waals surface area contributed by atoms with Crippen LogP contribution in [-0.2, 0) is 9.59 Å². The zero-order valence-corrected chi connectivity index (χ0v) is 16.7. The molecule has 0 bridgehead atoms. The Morgan fingerprint density at radius 2 is 1.96 bits per heavy atom. The number of carbonyl (C=O) groups is 2. The van der Waals surface area contributed by atoms with Crippen LogP contribution in [0.3, 0.4) is 0 Å². The first kappa shape index (κ1) is 20.4. The molecular formula is C20H26ClN5O2. The molecule has 1 atom stereocenters. The number of nitrogens with zero attached hydrogens (tertiary/aromatic N) is 4. The Hall–Kier alpha value is -2.30. The third-order valence-corrected chi connectivity index (χ3v) is 5.55. The summed E-state index contributed by atoms with van der Waals surface area (Å²) in [6.07, 6.45) is 2.00. The molecular weight excluding hydrogens is 378 g/mol. The monoisotopic (exact) mass is 403 g/mol. The third kappa shape index (κ3) is 5.15. The first-order chi connectivity index (χ1) is 13.6.